The number of hydrogen-bond acceptors (Lipinski definition) is 5. The molecule has 2 aromatic rings. The lowest BCUT2D eigenvalue weighted by molar-refractivity contribution is 0.101. The summed E-state index contributed by atoms with van der Waals surface area (Å²) in [7, 11) is 1.60. The molecule has 150 valence electrons. The van der Waals surface area contributed by atoms with Crippen LogP contribution in [0.1, 0.15) is 37.2 Å². The average molecular weight is 406 g/mol. The molecule has 28 heavy (non-hydrogen) atoms. The van der Waals surface area contributed by atoms with Crippen LogP contribution in [-0.2, 0) is 4.74 Å². The molecule has 2 heterocycles. The molecule has 3 rings (SSSR count). The van der Waals surface area contributed by atoms with E-state index in [9.17, 15) is 9.59 Å². The van der Waals surface area contributed by atoms with Gasteiger partial charge >= 0.3 is 0 Å². The summed E-state index contributed by atoms with van der Waals surface area (Å²) < 4.78 is 18.7. The van der Waals surface area contributed by atoms with Crippen LogP contribution in [-0.4, -0.2) is 37.3 Å². The van der Waals surface area contributed by atoms with Crippen LogP contribution in [0.15, 0.2) is 29.2 Å². The third kappa shape index (κ3) is 3.93. The van der Waals surface area contributed by atoms with Crippen molar-refractivity contribution in [3.05, 3.63) is 45.2 Å². The van der Waals surface area contributed by atoms with Crippen molar-refractivity contribution in [3.63, 3.8) is 0 Å². The number of aromatic nitrogens is 1. The number of carbonyl (C=O) groups excluding carboxylic acids is 1. The molecule has 6 nitrogen and oxygen atoms in total. The first kappa shape index (κ1) is 20.4. The number of nitrogens with zero attached hydrogens (tertiary/aromatic N) is 1. The summed E-state index contributed by atoms with van der Waals surface area (Å²) in [5, 5.41) is 0.413. The van der Waals surface area contributed by atoms with Gasteiger partial charge in [-0.25, -0.2) is 0 Å². The van der Waals surface area contributed by atoms with E-state index in [2.05, 4.69) is 13.8 Å². The number of fused-ring (bicyclic) bond motifs is 3. The Labute approximate surface area is 169 Å². The van der Waals surface area contributed by atoms with E-state index in [1.165, 1.54) is 13.0 Å². The Morgan fingerprint density at radius 1 is 1.32 bits per heavy atom. The normalized spacial score (nSPS) is 15.4. The number of carbonyl (C=O) groups is 1. The molecule has 0 aliphatic carbocycles. The minimum atomic E-state index is -0.314. The molecule has 1 aliphatic rings. The number of ketones is 1. The lowest BCUT2D eigenvalue weighted by Crippen LogP contribution is -2.25. The minimum absolute atomic E-state index is 0.0438. The highest BCUT2D eigenvalue weighted by Gasteiger charge is 2.27. The van der Waals surface area contributed by atoms with Crippen molar-refractivity contribution >= 4 is 17.4 Å². The van der Waals surface area contributed by atoms with E-state index in [0.717, 1.165) is 0 Å². The number of pyridine rings is 1. The summed E-state index contributed by atoms with van der Waals surface area (Å²) in [6.45, 7) is 6.75. The molecule has 7 heteroatoms. The van der Waals surface area contributed by atoms with Crippen LogP contribution in [0.2, 0.25) is 5.02 Å². The Balaban J connectivity index is 2.16. The third-order valence-electron chi connectivity index (χ3n) is 4.85. The maximum Gasteiger partial charge on any atom is 0.192 e. The van der Waals surface area contributed by atoms with Crippen LogP contribution in [0.4, 0.5) is 0 Å². The average Bonchev–Trinajstić information content (AvgIpc) is 2.78. The van der Waals surface area contributed by atoms with Gasteiger partial charge in [-0.2, -0.15) is 0 Å². The molecule has 0 fully saturated rings. The number of rotatable bonds is 6. The molecule has 0 N–H and O–H groups in total. The largest absolute Gasteiger partial charge is 0.491 e. The maximum atomic E-state index is 12.5. The van der Waals surface area contributed by atoms with Crippen molar-refractivity contribution in [2.45, 2.75) is 26.8 Å². The van der Waals surface area contributed by atoms with Gasteiger partial charge in [0.2, 0.25) is 0 Å². The molecule has 0 spiro atoms. The third-order valence-corrected chi connectivity index (χ3v) is 5.15. The van der Waals surface area contributed by atoms with Gasteiger partial charge in [-0.1, -0.05) is 25.4 Å². The van der Waals surface area contributed by atoms with E-state index >= 15 is 0 Å². The van der Waals surface area contributed by atoms with Crippen molar-refractivity contribution in [3.8, 4) is 22.8 Å². The Hall–Kier alpha value is -2.31. The Kier molecular flexibility index (Phi) is 6.10. The fraction of sp³-hybridized carbons (Fsp3) is 0.429. The first-order valence-electron chi connectivity index (χ1n) is 9.19. The van der Waals surface area contributed by atoms with Crippen LogP contribution in [0.5, 0.6) is 11.5 Å². The predicted molar refractivity (Wildman–Crippen MR) is 108 cm³/mol. The Morgan fingerprint density at radius 3 is 2.71 bits per heavy atom. The smallest absolute Gasteiger partial charge is 0.192 e. The Bertz CT molecular complexity index is 951. The first-order valence-corrected chi connectivity index (χ1v) is 9.56. The molecule has 1 unspecified atom stereocenters. The minimum Gasteiger partial charge on any atom is -0.491 e. The highest BCUT2D eigenvalue weighted by molar-refractivity contribution is 6.32. The lowest BCUT2D eigenvalue weighted by atomic mass is 10.0. The van der Waals surface area contributed by atoms with Gasteiger partial charge in [0, 0.05) is 31.0 Å². The molecule has 1 aromatic heterocycles. The van der Waals surface area contributed by atoms with Crippen LogP contribution in [0.3, 0.4) is 0 Å². The van der Waals surface area contributed by atoms with Gasteiger partial charge < -0.3 is 18.8 Å². The van der Waals surface area contributed by atoms with E-state index in [-0.39, 0.29) is 28.7 Å². The molecule has 0 amide bonds. The van der Waals surface area contributed by atoms with Gasteiger partial charge in [-0.3, -0.25) is 9.59 Å². The number of ether oxygens (including phenoxy) is 3. The van der Waals surface area contributed by atoms with Crippen LogP contribution >= 0.6 is 11.6 Å². The number of Topliss-reactive ketones (excluding diaryl/α,β-unsaturated/α-hetero) is 1. The van der Waals surface area contributed by atoms with Crippen LogP contribution in [0, 0.1) is 5.92 Å². The van der Waals surface area contributed by atoms with Gasteiger partial charge in [0.25, 0.3) is 0 Å². The number of hydrogen-bond donors (Lipinski definition) is 0. The zero-order valence-electron chi connectivity index (χ0n) is 16.5. The van der Waals surface area contributed by atoms with Crippen molar-refractivity contribution in [1.29, 1.82) is 0 Å². The molecular weight excluding hydrogens is 382 g/mol. The first-order chi connectivity index (χ1) is 13.3. The topological polar surface area (TPSA) is 66.8 Å². The molecule has 0 bridgehead atoms. The van der Waals surface area contributed by atoms with Crippen molar-refractivity contribution in [1.82, 2.24) is 4.57 Å². The second kappa shape index (κ2) is 8.37. The van der Waals surface area contributed by atoms with Crippen molar-refractivity contribution in [2.75, 3.05) is 26.9 Å². The summed E-state index contributed by atoms with van der Waals surface area (Å²) in [5.41, 5.74) is 1.22. The second-order valence-electron chi connectivity index (χ2n) is 7.14. The molecule has 1 aromatic carbocycles. The van der Waals surface area contributed by atoms with Gasteiger partial charge in [-0.05, 0) is 18.9 Å². The van der Waals surface area contributed by atoms with Gasteiger partial charge in [-0.15, -0.1) is 0 Å². The molecule has 1 atom stereocenters. The zero-order valence-corrected chi connectivity index (χ0v) is 17.2. The van der Waals surface area contributed by atoms with Crippen molar-refractivity contribution in [2.24, 2.45) is 5.92 Å². The second-order valence-corrected chi connectivity index (χ2v) is 7.55. The maximum absolute atomic E-state index is 12.5. The lowest BCUT2D eigenvalue weighted by Gasteiger charge is -2.24. The van der Waals surface area contributed by atoms with Gasteiger partial charge in [0.05, 0.1) is 28.9 Å². The summed E-state index contributed by atoms with van der Waals surface area (Å²) >= 11 is 6.42. The molecule has 0 saturated carbocycles. The SMILES string of the molecule is COCCOc1cc2c(cc1Cl)-c1cc(=O)c(C(C)=O)cn1C(C(C)C)CO2. The molecular formula is C21H24ClNO5. The van der Waals surface area contributed by atoms with E-state index in [0.29, 0.717) is 47.6 Å². The van der Waals surface area contributed by atoms with E-state index in [4.69, 9.17) is 25.8 Å². The van der Waals surface area contributed by atoms with E-state index in [1.807, 2.05) is 4.57 Å². The standard InChI is InChI=1S/C21H24ClNO5/c1-12(2)18-11-28-20-9-21(27-6-5-26-4)16(22)7-14(20)17-8-19(25)15(13(3)24)10-23(17)18/h7-10,12,18H,5-6,11H2,1-4H3. The van der Waals surface area contributed by atoms with Crippen molar-refractivity contribution < 1.29 is 19.0 Å². The fourth-order valence-electron chi connectivity index (χ4n) is 3.27. The monoisotopic (exact) mass is 405 g/mol. The summed E-state index contributed by atoms with van der Waals surface area (Å²) in [6, 6.07) is 4.92. The number of benzene rings is 1. The fourth-order valence-corrected chi connectivity index (χ4v) is 3.49. The highest BCUT2D eigenvalue weighted by atomic mass is 35.5. The quantitative estimate of drug-likeness (QED) is 0.537. The summed E-state index contributed by atoms with van der Waals surface area (Å²) in [5.74, 6) is 1.05. The van der Waals surface area contributed by atoms with Gasteiger partial charge in [0.15, 0.2) is 11.2 Å². The van der Waals surface area contributed by atoms with E-state index < -0.39 is 0 Å². The Morgan fingerprint density at radius 2 is 2.07 bits per heavy atom. The summed E-state index contributed by atoms with van der Waals surface area (Å²) in [6.07, 6.45) is 1.64. The zero-order chi connectivity index (χ0) is 20.4. The van der Waals surface area contributed by atoms with Crippen LogP contribution in [0.25, 0.3) is 11.3 Å². The van der Waals surface area contributed by atoms with E-state index in [1.54, 1.807) is 25.4 Å². The van der Waals surface area contributed by atoms with Crippen LogP contribution < -0.4 is 14.9 Å². The highest BCUT2D eigenvalue weighted by Crippen LogP contribution is 2.42. The van der Waals surface area contributed by atoms with Gasteiger partial charge in [0.1, 0.15) is 24.7 Å². The summed E-state index contributed by atoms with van der Waals surface area (Å²) in [4.78, 5) is 24.4. The molecule has 1 aliphatic heterocycles. The number of halogens is 1. The molecule has 0 saturated heterocycles. The predicted octanol–water partition coefficient (Wildman–Crippen LogP) is 3.99. The number of methoxy groups -OCH3 is 1. The molecule has 0 radical (unpaired) electrons.